The molecule has 2 aromatic carbocycles. The molecule has 5 heterocycles. The molecule has 2 N–H and O–H groups in total. The number of carbonyl (C=O) groups is 3. The number of halogens is 1. The van der Waals surface area contributed by atoms with Crippen molar-refractivity contribution in [2.24, 2.45) is 16.7 Å². The summed E-state index contributed by atoms with van der Waals surface area (Å²) in [4.78, 5) is 51.2. The van der Waals surface area contributed by atoms with Crippen LogP contribution in [-0.2, 0) is 11.2 Å². The lowest BCUT2D eigenvalue weighted by molar-refractivity contribution is -0.120. The number of ether oxygens (including phenoxy) is 1. The Bertz CT molecular complexity index is 2480. The van der Waals surface area contributed by atoms with E-state index in [2.05, 4.69) is 56.6 Å². The number of aryl methyl sites for hydroxylation is 1. The largest absolute Gasteiger partial charge is 0.477 e. The van der Waals surface area contributed by atoms with Crippen LogP contribution < -0.4 is 20.3 Å². The van der Waals surface area contributed by atoms with Crippen molar-refractivity contribution in [1.29, 1.82) is 5.26 Å². The Balaban J connectivity index is 0.716. The smallest absolute Gasteiger partial charge is 0.328 e. The first-order valence-corrected chi connectivity index (χ1v) is 23.9. The van der Waals surface area contributed by atoms with Crippen molar-refractivity contribution < 1.29 is 19.1 Å². The van der Waals surface area contributed by atoms with Gasteiger partial charge in [0.05, 0.1) is 41.5 Å². The number of hydrogen-bond donors (Lipinski definition) is 2. The predicted octanol–water partition coefficient (Wildman–Crippen LogP) is 7.87. The Morgan fingerprint density at radius 3 is 2.43 bits per heavy atom. The second-order valence-electron chi connectivity index (χ2n) is 19.6. The third kappa shape index (κ3) is 9.93. The van der Waals surface area contributed by atoms with Crippen molar-refractivity contribution in [2.45, 2.75) is 91.0 Å². The maximum absolute atomic E-state index is 13.6. The minimum Gasteiger partial charge on any atom is -0.477 e. The zero-order valence-corrected chi connectivity index (χ0v) is 38.8. The van der Waals surface area contributed by atoms with Crippen LogP contribution >= 0.6 is 11.6 Å². The molecule has 5 aliphatic rings. The summed E-state index contributed by atoms with van der Waals surface area (Å²) >= 11 is 6.45. The van der Waals surface area contributed by atoms with Crippen molar-refractivity contribution in [3.8, 4) is 11.9 Å². The normalized spacial score (nSPS) is 20.7. The number of urea groups is 1. The number of carbonyl (C=O) groups excluding carboxylic acids is 3. The lowest BCUT2D eigenvalue weighted by Crippen LogP contribution is -2.50. The topological polar surface area (TPSA) is 160 Å². The van der Waals surface area contributed by atoms with Crippen LogP contribution in [0.15, 0.2) is 48.7 Å². The molecule has 342 valence electrons. The van der Waals surface area contributed by atoms with Crippen molar-refractivity contribution in [3.05, 3.63) is 81.6 Å². The number of piperidine rings is 1. The van der Waals surface area contributed by atoms with Gasteiger partial charge in [0.2, 0.25) is 11.8 Å². The summed E-state index contributed by atoms with van der Waals surface area (Å²) in [7, 11) is 0. The number of rotatable bonds is 13. The van der Waals surface area contributed by atoms with Gasteiger partial charge in [-0.05, 0) is 118 Å². The number of aromatic nitrogens is 3. The molecule has 0 radical (unpaired) electrons. The van der Waals surface area contributed by atoms with Gasteiger partial charge in [0, 0.05) is 99.3 Å². The standard InChI is InChI=1S/C50H61ClN10O4/c1-33-37(11-19-52)5-4-6-39(33)34(2)54-46-40-28-45(53-29-41(40)35(3)56-57-46)65-32-50(15-16-50)31-59-25-23-58(24-26-59)30-36-9-13-49(14-10-36)17-21-60(22-18-49)47(63)38-7-8-42(51)43(27-38)61-20-12-44(62)55-48(61)64/h4-8,27-29,34,36H,9-18,20-26,30-32H2,1-3H3,(H,54,57)(H,55,62,64)/t34-/m1/s1. The highest BCUT2D eigenvalue weighted by molar-refractivity contribution is 6.34. The molecule has 2 saturated carbocycles. The fourth-order valence-electron chi connectivity index (χ4n) is 10.8. The minimum atomic E-state index is -0.514. The highest BCUT2D eigenvalue weighted by atomic mass is 35.5. The molecule has 2 aromatic heterocycles. The molecule has 3 saturated heterocycles. The number of pyridine rings is 1. The van der Waals surface area contributed by atoms with Crippen LogP contribution in [0.2, 0.25) is 5.02 Å². The summed E-state index contributed by atoms with van der Waals surface area (Å²) in [5, 5.41) is 26.5. The number of nitriles is 1. The minimum absolute atomic E-state index is 0.0349. The fourth-order valence-corrected chi connectivity index (χ4v) is 11.0. The second-order valence-corrected chi connectivity index (χ2v) is 20.0. The van der Waals surface area contributed by atoms with E-state index in [9.17, 15) is 19.6 Å². The summed E-state index contributed by atoms with van der Waals surface area (Å²) in [5.74, 6) is 1.67. The van der Waals surface area contributed by atoms with Gasteiger partial charge in [-0.3, -0.25) is 19.8 Å². The number of piperazine rings is 1. The van der Waals surface area contributed by atoms with Crippen molar-refractivity contribution >= 4 is 51.7 Å². The number of amides is 4. The van der Waals surface area contributed by atoms with E-state index in [0.29, 0.717) is 46.4 Å². The van der Waals surface area contributed by atoms with Gasteiger partial charge in [-0.25, -0.2) is 9.78 Å². The number of hydrogen-bond acceptors (Lipinski definition) is 11. The second kappa shape index (κ2) is 18.9. The summed E-state index contributed by atoms with van der Waals surface area (Å²) < 4.78 is 6.47. The van der Waals surface area contributed by atoms with E-state index < -0.39 is 6.03 Å². The van der Waals surface area contributed by atoms with E-state index in [4.69, 9.17) is 21.3 Å². The lowest BCUT2D eigenvalue weighted by atomic mass is 9.65. The maximum Gasteiger partial charge on any atom is 0.328 e. The maximum atomic E-state index is 13.6. The van der Waals surface area contributed by atoms with E-state index in [1.165, 1.54) is 50.0 Å². The number of fused-ring (bicyclic) bond motifs is 1. The van der Waals surface area contributed by atoms with Gasteiger partial charge in [-0.15, -0.1) is 5.10 Å². The van der Waals surface area contributed by atoms with Crippen LogP contribution in [0, 0.1) is 41.9 Å². The number of imide groups is 1. The molecule has 2 aliphatic carbocycles. The van der Waals surface area contributed by atoms with Crippen LogP contribution in [0.5, 0.6) is 5.88 Å². The molecule has 4 aromatic rings. The molecule has 3 aliphatic heterocycles. The van der Waals surface area contributed by atoms with Gasteiger partial charge < -0.3 is 24.8 Å². The quantitative estimate of drug-likeness (QED) is 0.135. The van der Waals surface area contributed by atoms with Gasteiger partial charge in [0.25, 0.3) is 5.91 Å². The average molecular weight is 902 g/mol. The van der Waals surface area contributed by atoms with Gasteiger partial charge in [-0.2, -0.15) is 10.4 Å². The number of nitrogens with one attached hydrogen (secondary N) is 2. The van der Waals surface area contributed by atoms with Gasteiger partial charge in [0.1, 0.15) is 0 Å². The molecular weight excluding hydrogens is 840 g/mol. The summed E-state index contributed by atoms with van der Waals surface area (Å²) in [6.07, 6.45) is 11.8. The molecule has 5 fully saturated rings. The SMILES string of the molecule is Cc1c(CC#N)cccc1[C@@H](C)Nc1nnc(C)c2cnc(OCC3(CN4CCN(CC5CCC6(CC5)CCN(C(=O)c5ccc(Cl)c(N7CCC(=O)NC7=O)c5)CC6)CC4)CC3)cc12. The van der Waals surface area contributed by atoms with Gasteiger partial charge in [-0.1, -0.05) is 29.8 Å². The van der Waals surface area contributed by atoms with Crippen LogP contribution in [0.4, 0.5) is 16.3 Å². The lowest BCUT2D eigenvalue weighted by Gasteiger charge is -2.47. The Hall–Kier alpha value is -5.36. The Kier molecular flexibility index (Phi) is 13.0. The summed E-state index contributed by atoms with van der Waals surface area (Å²) in [6.45, 7) is 15.1. The molecular formula is C50H61ClN10O4. The van der Waals surface area contributed by atoms with Gasteiger partial charge in [0.15, 0.2) is 5.82 Å². The molecule has 4 amide bonds. The zero-order valence-electron chi connectivity index (χ0n) is 38.0. The Morgan fingerprint density at radius 2 is 1.71 bits per heavy atom. The van der Waals surface area contributed by atoms with E-state index >= 15 is 0 Å². The molecule has 14 nitrogen and oxygen atoms in total. The third-order valence-electron chi connectivity index (χ3n) is 15.2. The Morgan fingerprint density at radius 1 is 0.954 bits per heavy atom. The van der Waals surface area contributed by atoms with E-state index in [1.807, 2.05) is 36.2 Å². The summed E-state index contributed by atoms with van der Waals surface area (Å²) in [6, 6.07) is 14.9. The zero-order chi connectivity index (χ0) is 45.3. The number of nitrogens with zero attached hydrogens (tertiary/aromatic N) is 8. The van der Waals surface area contributed by atoms with E-state index in [1.54, 1.807) is 18.2 Å². The monoisotopic (exact) mass is 900 g/mol. The summed E-state index contributed by atoms with van der Waals surface area (Å²) in [5.41, 5.74) is 5.55. The first-order chi connectivity index (χ1) is 31.4. The Labute approximate surface area is 387 Å². The van der Waals surface area contributed by atoms with Crippen LogP contribution in [0.1, 0.15) is 103 Å². The van der Waals surface area contributed by atoms with Crippen molar-refractivity contribution in [2.75, 3.05) is 75.7 Å². The molecule has 65 heavy (non-hydrogen) atoms. The van der Waals surface area contributed by atoms with Crippen LogP contribution in [0.25, 0.3) is 10.8 Å². The first kappa shape index (κ1) is 44.8. The number of anilines is 2. The van der Waals surface area contributed by atoms with E-state index in [-0.39, 0.29) is 36.2 Å². The van der Waals surface area contributed by atoms with Crippen LogP contribution in [0.3, 0.4) is 0 Å². The molecule has 0 bridgehead atoms. The van der Waals surface area contributed by atoms with E-state index in [0.717, 1.165) is 97.7 Å². The fraction of sp³-hybridized carbons (Fsp3) is 0.540. The first-order valence-electron chi connectivity index (χ1n) is 23.5. The molecule has 1 spiro atoms. The van der Waals surface area contributed by atoms with Crippen molar-refractivity contribution in [1.82, 2.24) is 35.2 Å². The molecule has 0 unspecified atom stereocenters. The number of benzene rings is 2. The van der Waals surface area contributed by atoms with Gasteiger partial charge >= 0.3 is 6.03 Å². The molecule has 9 rings (SSSR count). The van der Waals surface area contributed by atoms with Crippen LogP contribution in [-0.4, -0.2) is 113 Å². The third-order valence-corrected chi connectivity index (χ3v) is 15.6. The highest BCUT2D eigenvalue weighted by Gasteiger charge is 2.45. The van der Waals surface area contributed by atoms with Crippen molar-refractivity contribution in [3.63, 3.8) is 0 Å². The predicted molar refractivity (Wildman–Crippen MR) is 251 cm³/mol. The highest BCUT2D eigenvalue weighted by Crippen LogP contribution is 2.48. The average Bonchev–Trinajstić information content (AvgIpc) is 4.08. The molecule has 15 heteroatoms. The number of likely N-dealkylation sites (tertiary alicyclic amines) is 1. The molecule has 1 atom stereocenters.